The molecule has 4 nitrogen and oxygen atoms in total. The van der Waals surface area contributed by atoms with Crippen molar-refractivity contribution in [1.29, 1.82) is 0 Å². The van der Waals surface area contributed by atoms with Crippen LogP contribution in [-0.2, 0) is 9.59 Å². The third-order valence-corrected chi connectivity index (χ3v) is 3.67. The monoisotopic (exact) mass is 238 g/mol. The molecule has 0 aromatic carbocycles. The highest BCUT2D eigenvalue weighted by Crippen LogP contribution is 2.32. The zero-order chi connectivity index (χ0) is 12.4. The molecule has 1 saturated carbocycles. The molecule has 1 unspecified atom stereocenters. The van der Waals surface area contributed by atoms with Crippen LogP contribution >= 0.6 is 0 Å². The van der Waals surface area contributed by atoms with Crippen molar-refractivity contribution in [3.05, 3.63) is 0 Å². The van der Waals surface area contributed by atoms with Crippen molar-refractivity contribution in [2.75, 3.05) is 13.1 Å². The van der Waals surface area contributed by atoms with Gasteiger partial charge in [0.25, 0.3) is 0 Å². The van der Waals surface area contributed by atoms with E-state index in [1.807, 2.05) is 18.7 Å². The normalized spacial score (nSPS) is 26.1. The van der Waals surface area contributed by atoms with Gasteiger partial charge in [0, 0.05) is 19.5 Å². The average Bonchev–Trinajstić information content (AvgIpc) is 3.07. The Morgan fingerprint density at radius 3 is 2.65 bits per heavy atom. The molecule has 17 heavy (non-hydrogen) atoms. The van der Waals surface area contributed by atoms with Gasteiger partial charge in [-0.1, -0.05) is 26.7 Å². The standard InChI is InChI=1S/C13H22N2O2/c1-9(2)12-13(17)15(7-5-10-3-4-10)8-6-11(16)14-12/h9-10,12H,3-8H2,1-2H3,(H,14,16). The highest BCUT2D eigenvalue weighted by atomic mass is 16.2. The predicted molar refractivity (Wildman–Crippen MR) is 65.3 cm³/mol. The maximum Gasteiger partial charge on any atom is 0.245 e. The van der Waals surface area contributed by atoms with Crippen molar-refractivity contribution in [2.24, 2.45) is 11.8 Å². The molecular formula is C13H22N2O2. The molecule has 0 radical (unpaired) electrons. The van der Waals surface area contributed by atoms with E-state index in [1.54, 1.807) is 0 Å². The van der Waals surface area contributed by atoms with E-state index < -0.39 is 0 Å². The van der Waals surface area contributed by atoms with Gasteiger partial charge >= 0.3 is 0 Å². The summed E-state index contributed by atoms with van der Waals surface area (Å²) in [5.74, 6) is 1.10. The highest BCUT2D eigenvalue weighted by Gasteiger charge is 2.32. The van der Waals surface area contributed by atoms with E-state index in [-0.39, 0.29) is 23.8 Å². The lowest BCUT2D eigenvalue weighted by atomic mass is 10.0. The maximum atomic E-state index is 12.3. The van der Waals surface area contributed by atoms with Crippen LogP contribution in [0.15, 0.2) is 0 Å². The van der Waals surface area contributed by atoms with Crippen LogP contribution in [0.2, 0.25) is 0 Å². The number of carbonyl (C=O) groups excluding carboxylic acids is 2. The first-order valence-corrected chi connectivity index (χ1v) is 6.66. The molecule has 0 bridgehead atoms. The van der Waals surface area contributed by atoms with Crippen LogP contribution in [0.5, 0.6) is 0 Å². The van der Waals surface area contributed by atoms with Gasteiger partial charge in [-0.2, -0.15) is 0 Å². The van der Waals surface area contributed by atoms with E-state index in [9.17, 15) is 9.59 Å². The van der Waals surface area contributed by atoms with Crippen molar-refractivity contribution < 1.29 is 9.59 Å². The van der Waals surface area contributed by atoms with E-state index >= 15 is 0 Å². The number of nitrogens with one attached hydrogen (secondary N) is 1. The Kier molecular flexibility index (Phi) is 3.69. The van der Waals surface area contributed by atoms with Crippen molar-refractivity contribution in [3.8, 4) is 0 Å². The lowest BCUT2D eigenvalue weighted by molar-refractivity contribution is -0.134. The van der Waals surface area contributed by atoms with E-state index in [4.69, 9.17) is 0 Å². The van der Waals surface area contributed by atoms with E-state index in [0.29, 0.717) is 13.0 Å². The lowest BCUT2D eigenvalue weighted by Crippen LogP contribution is -2.47. The van der Waals surface area contributed by atoms with Crippen molar-refractivity contribution in [1.82, 2.24) is 10.2 Å². The molecule has 0 aromatic rings. The van der Waals surface area contributed by atoms with Gasteiger partial charge in [-0.3, -0.25) is 9.59 Å². The van der Waals surface area contributed by atoms with Crippen molar-refractivity contribution in [2.45, 2.75) is 45.6 Å². The third-order valence-electron chi connectivity index (χ3n) is 3.67. The molecule has 1 aliphatic heterocycles. The Morgan fingerprint density at radius 2 is 2.06 bits per heavy atom. The zero-order valence-electron chi connectivity index (χ0n) is 10.7. The molecule has 2 aliphatic rings. The van der Waals surface area contributed by atoms with E-state index in [2.05, 4.69) is 5.32 Å². The fraction of sp³-hybridized carbons (Fsp3) is 0.846. The first-order chi connectivity index (χ1) is 8.08. The summed E-state index contributed by atoms with van der Waals surface area (Å²) in [5.41, 5.74) is 0. The molecule has 2 amide bonds. The molecular weight excluding hydrogens is 216 g/mol. The van der Waals surface area contributed by atoms with Gasteiger partial charge in [0.05, 0.1) is 0 Å². The lowest BCUT2D eigenvalue weighted by Gasteiger charge is -2.26. The molecule has 96 valence electrons. The second-order valence-corrected chi connectivity index (χ2v) is 5.60. The Bertz CT molecular complexity index is 311. The number of carbonyl (C=O) groups is 2. The maximum absolute atomic E-state index is 12.3. The first-order valence-electron chi connectivity index (χ1n) is 6.66. The number of rotatable bonds is 4. The average molecular weight is 238 g/mol. The minimum Gasteiger partial charge on any atom is -0.344 e. The summed E-state index contributed by atoms with van der Waals surface area (Å²) in [4.78, 5) is 25.7. The van der Waals surface area contributed by atoms with Gasteiger partial charge in [0.1, 0.15) is 6.04 Å². The second kappa shape index (κ2) is 5.07. The van der Waals surface area contributed by atoms with Crippen LogP contribution in [0.25, 0.3) is 0 Å². The quantitative estimate of drug-likeness (QED) is 0.799. The first kappa shape index (κ1) is 12.4. The third kappa shape index (κ3) is 3.20. The van der Waals surface area contributed by atoms with Gasteiger partial charge in [0.2, 0.25) is 11.8 Å². The van der Waals surface area contributed by atoms with Crippen LogP contribution in [0.3, 0.4) is 0 Å². The fourth-order valence-corrected chi connectivity index (χ4v) is 2.27. The van der Waals surface area contributed by atoms with Crippen LogP contribution in [0.1, 0.15) is 39.5 Å². The second-order valence-electron chi connectivity index (χ2n) is 5.60. The van der Waals surface area contributed by atoms with Crippen LogP contribution < -0.4 is 5.32 Å². The Balaban J connectivity index is 1.97. The van der Waals surface area contributed by atoms with E-state index in [1.165, 1.54) is 12.8 Å². The number of hydrogen-bond acceptors (Lipinski definition) is 2. The predicted octanol–water partition coefficient (Wildman–Crippen LogP) is 1.16. The van der Waals surface area contributed by atoms with Crippen LogP contribution in [0.4, 0.5) is 0 Å². The number of nitrogens with zero attached hydrogens (tertiary/aromatic N) is 1. The molecule has 1 atom stereocenters. The van der Waals surface area contributed by atoms with Gasteiger partial charge in [0.15, 0.2) is 0 Å². The molecule has 2 fully saturated rings. The molecule has 0 spiro atoms. The van der Waals surface area contributed by atoms with Gasteiger partial charge in [-0.25, -0.2) is 0 Å². The molecule has 1 N–H and O–H groups in total. The summed E-state index contributed by atoms with van der Waals surface area (Å²) in [5, 5.41) is 2.83. The molecule has 1 heterocycles. The minimum absolute atomic E-state index is 0.00553. The summed E-state index contributed by atoms with van der Waals surface area (Å²) in [6.07, 6.45) is 4.17. The van der Waals surface area contributed by atoms with Gasteiger partial charge in [-0.05, 0) is 18.3 Å². The summed E-state index contributed by atoms with van der Waals surface area (Å²) >= 11 is 0. The number of amides is 2. The Hall–Kier alpha value is -1.06. The minimum atomic E-state index is -0.329. The summed E-state index contributed by atoms with van der Waals surface area (Å²) in [6.45, 7) is 5.36. The Labute approximate surface area is 103 Å². The smallest absolute Gasteiger partial charge is 0.245 e. The van der Waals surface area contributed by atoms with Crippen LogP contribution in [-0.4, -0.2) is 35.8 Å². The van der Waals surface area contributed by atoms with Crippen molar-refractivity contribution >= 4 is 11.8 Å². The van der Waals surface area contributed by atoms with Gasteiger partial charge in [-0.15, -0.1) is 0 Å². The fourth-order valence-electron chi connectivity index (χ4n) is 2.27. The molecule has 1 saturated heterocycles. The van der Waals surface area contributed by atoms with Crippen molar-refractivity contribution in [3.63, 3.8) is 0 Å². The molecule has 0 aromatic heterocycles. The summed E-state index contributed by atoms with van der Waals surface area (Å²) in [6, 6.07) is -0.329. The topological polar surface area (TPSA) is 49.4 Å². The van der Waals surface area contributed by atoms with Gasteiger partial charge < -0.3 is 10.2 Å². The molecule has 4 heteroatoms. The zero-order valence-corrected chi connectivity index (χ0v) is 10.7. The molecule has 2 rings (SSSR count). The summed E-state index contributed by atoms with van der Waals surface area (Å²) in [7, 11) is 0. The Morgan fingerprint density at radius 1 is 1.35 bits per heavy atom. The SMILES string of the molecule is CC(C)C1NC(=O)CCN(CCC2CC2)C1=O. The number of hydrogen-bond donors (Lipinski definition) is 1. The van der Waals surface area contributed by atoms with E-state index in [0.717, 1.165) is 18.9 Å². The van der Waals surface area contributed by atoms with Crippen LogP contribution in [0, 0.1) is 11.8 Å². The summed E-state index contributed by atoms with van der Waals surface area (Å²) < 4.78 is 0. The largest absolute Gasteiger partial charge is 0.344 e. The molecule has 1 aliphatic carbocycles. The highest BCUT2D eigenvalue weighted by molar-refractivity contribution is 5.90.